The summed E-state index contributed by atoms with van der Waals surface area (Å²) in [7, 11) is 0. The maximum Gasteiger partial charge on any atom is 0.247 e. The van der Waals surface area contributed by atoms with E-state index in [1.54, 1.807) is 24.8 Å². The van der Waals surface area contributed by atoms with Gasteiger partial charge in [-0.3, -0.25) is 15.0 Å². The predicted molar refractivity (Wildman–Crippen MR) is 100 cm³/mol. The zero-order valence-corrected chi connectivity index (χ0v) is 14.1. The zero-order chi connectivity index (χ0) is 18.1. The molecule has 0 atom stereocenters. The largest absolute Gasteiger partial charge is 0.425 e. The van der Waals surface area contributed by atoms with Crippen molar-refractivity contribution in [2.45, 2.75) is 0 Å². The first-order chi connectivity index (χ1) is 13.4. The molecule has 0 saturated carbocycles. The molecule has 0 unspecified atom stereocenters. The van der Waals surface area contributed by atoms with Gasteiger partial charge in [0.25, 0.3) is 0 Å². The summed E-state index contributed by atoms with van der Waals surface area (Å²) in [5.41, 5.74) is 6.14. The van der Waals surface area contributed by atoms with E-state index in [1.807, 2.05) is 42.5 Å². The fourth-order valence-electron chi connectivity index (χ4n) is 3.09. The Kier molecular flexibility index (Phi) is 3.65. The molecular formula is C21H12N5O. The Labute approximate surface area is 154 Å². The highest BCUT2D eigenvalue weighted by Gasteiger charge is 2.19. The van der Waals surface area contributed by atoms with Crippen molar-refractivity contribution in [3.63, 3.8) is 0 Å². The molecule has 1 radical (unpaired) electrons. The van der Waals surface area contributed by atoms with Gasteiger partial charge in [0.15, 0.2) is 6.39 Å². The maximum absolute atomic E-state index is 5.36. The summed E-state index contributed by atoms with van der Waals surface area (Å²) in [5.74, 6) is 0. The average molecular weight is 350 g/mol. The second kappa shape index (κ2) is 6.42. The molecule has 0 aromatic carbocycles. The van der Waals surface area contributed by atoms with Crippen LogP contribution in [-0.2, 0) is 0 Å². The third kappa shape index (κ3) is 2.64. The molecule has 0 bridgehead atoms. The second-order valence-electron chi connectivity index (χ2n) is 5.83. The van der Waals surface area contributed by atoms with Crippen LogP contribution in [0.1, 0.15) is 0 Å². The smallest absolute Gasteiger partial charge is 0.247 e. The van der Waals surface area contributed by atoms with E-state index < -0.39 is 0 Å². The van der Waals surface area contributed by atoms with Crippen molar-refractivity contribution in [2.24, 2.45) is 0 Å². The van der Waals surface area contributed by atoms with Gasteiger partial charge in [0.05, 0.1) is 17.6 Å². The van der Waals surface area contributed by atoms with Gasteiger partial charge in [-0.2, -0.15) is 0 Å². The summed E-state index contributed by atoms with van der Waals surface area (Å²) in [6.07, 6.45) is 11.5. The van der Waals surface area contributed by atoms with Gasteiger partial charge in [0.1, 0.15) is 5.52 Å². The summed E-state index contributed by atoms with van der Waals surface area (Å²) in [6.45, 7) is 0. The van der Waals surface area contributed by atoms with Gasteiger partial charge in [0, 0.05) is 47.0 Å². The van der Waals surface area contributed by atoms with E-state index in [1.165, 1.54) is 6.39 Å². The normalized spacial score (nSPS) is 11.0. The first kappa shape index (κ1) is 15.3. The van der Waals surface area contributed by atoms with Crippen molar-refractivity contribution in [1.82, 2.24) is 24.9 Å². The SMILES string of the molecule is [c]1ncc(-c2ccnc3ocnc23)c(-c2ccccn2)c1-c1ccccn1. The number of pyridine rings is 4. The van der Waals surface area contributed by atoms with Crippen molar-refractivity contribution in [3.05, 3.63) is 79.8 Å². The van der Waals surface area contributed by atoms with Crippen LogP contribution >= 0.6 is 0 Å². The summed E-state index contributed by atoms with van der Waals surface area (Å²) in [6, 6.07) is 13.4. The number of hydrogen-bond acceptors (Lipinski definition) is 6. The summed E-state index contributed by atoms with van der Waals surface area (Å²) in [5, 5.41) is 0. The summed E-state index contributed by atoms with van der Waals surface area (Å²) in [4.78, 5) is 21.9. The van der Waals surface area contributed by atoms with Crippen LogP contribution in [0.4, 0.5) is 0 Å². The predicted octanol–water partition coefficient (Wildman–Crippen LogP) is 4.21. The third-order valence-corrected chi connectivity index (χ3v) is 4.26. The Balaban J connectivity index is 1.86. The number of nitrogens with zero attached hydrogens (tertiary/aromatic N) is 5. The molecule has 5 rings (SSSR count). The van der Waals surface area contributed by atoms with E-state index in [-0.39, 0.29) is 0 Å². The van der Waals surface area contributed by atoms with Crippen LogP contribution < -0.4 is 0 Å². The van der Waals surface area contributed by atoms with E-state index in [4.69, 9.17) is 4.42 Å². The Morgan fingerprint density at radius 1 is 0.741 bits per heavy atom. The van der Waals surface area contributed by atoms with Crippen LogP contribution in [0.3, 0.4) is 0 Å². The van der Waals surface area contributed by atoms with E-state index in [9.17, 15) is 0 Å². The van der Waals surface area contributed by atoms with E-state index >= 15 is 0 Å². The van der Waals surface area contributed by atoms with E-state index in [0.29, 0.717) is 11.2 Å². The van der Waals surface area contributed by atoms with Crippen molar-refractivity contribution in [2.75, 3.05) is 0 Å². The first-order valence-corrected chi connectivity index (χ1v) is 8.34. The van der Waals surface area contributed by atoms with Crippen LogP contribution in [0.5, 0.6) is 0 Å². The Morgan fingerprint density at radius 2 is 1.56 bits per heavy atom. The lowest BCUT2D eigenvalue weighted by Crippen LogP contribution is -1.96. The van der Waals surface area contributed by atoms with Crippen molar-refractivity contribution in [3.8, 4) is 33.6 Å². The highest BCUT2D eigenvalue weighted by molar-refractivity contribution is 5.98. The van der Waals surface area contributed by atoms with E-state index in [2.05, 4.69) is 31.1 Å². The number of aromatic nitrogens is 5. The van der Waals surface area contributed by atoms with Crippen LogP contribution in [0.25, 0.3) is 44.9 Å². The van der Waals surface area contributed by atoms with Crippen molar-refractivity contribution >= 4 is 11.2 Å². The number of oxazole rings is 1. The quantitative estimate of drug-likeness (QED) is 0.485. The first-order valence-electron chi connectivity index (χ1n) is 8.34. The monoisotopic (exact) mass is 350 g/mol. The van der Waals surface area contributed by atoms with Crippen LogP contribution in [-0.4, -0.2) is 24.9 Å². The lowest BCUT2D eigenvalue weighted by Gasteiger charge is -2.13. The highest BCUT2D eigenvalue weighted by atomic mass is 16.3. The van der Waals surface area contributed by atoms with Gasteiger partial charge in [-0.1, -0.05) is 12.1 Å². The minimum absolute atomic E-state index is 0.478. The second-order valence-corrected chi connectivity index (χ2v) is 5.83. The van der Waals surface area contributed by atoms with Crippen molar-refractivity contribution < 1.29 is 4.42 Å². The Hall–Kier alpha value is -3.93. The lowest BCUT2D eigenvalue weighted by atomic mass is 9.94. The molecule has 0 fully saturated rings. The summed E-state index contributed by atoms with van der Waals surface area (Å²) < 4.78 is 5.36. The molecule has 0 spiro atoms. The molecule has 6 nitrogen and oxygen atoms in total. The van der Waals surface area contributed by atoms with Gasteiger partial charge in [-0.05, 0) is 30.3 Å². The molecule has 5 heterocycles. The fourth-order valence-corrected chi connectivity index (χ4v) is 3.09. The molecule has 5 aromatic heterocycles. The molecular weight excluding hydrogens is 338 g/mol. The number of rotatable bonds is 3. The van der Waals surface area contributed by atoms with Gasteiger partial charge in [0.2, 0.25) is 5.71 Å². The molecule has 5 aromatic rings. The molecule has 0 amide bonds. The fraction of sp³-hybridized carbons (Fsp3) is 0. The standard InChI is InChI=1S/C21H12N5O/c1-3-8-23-17(5-1)16-12-22-11-15(19(16)18-6-2-4-9-24-18)14-7-10-25-21-20(14)26-13-27-21/h1-11,13H. The van der Waals surface area contributed by atoms with Crippen LogP contribution in [0, 0.1) is 6.20 Å². The molecule has 6 heteroatoms. The highest BCUT2D eigenvalue weighted by Crippen LogP contribution is 2.39. The average Bonchev–Trinajstić information content (AvgIpc) is 3.23. The van der Waals surface area contributed by atoms with Gasteiger partial charge in [-0.15, -0.1) is 0 Å². The number of fused-ring (bicyclic) bond motifs is 1. The molecule has 0 aliphatic carbocycles. The van der Waals surface area contributed by atoms with Crippen molar-refractivity contribution in [1.29, 1.82) is 0 Å². The van der Waals surface area contributed by atoms with Gasteiger partial charge in [-0.25, -0.2) is 9.97 Å². The van der Waals surface area contributed by atoms with Crippen LogP contribution in [0.15, 0.2) is 78.1 Å². The molecule has 0 aliphatic heterocycles. The minimum Gasteiger partial charge on any atom is -0.425 e. The third-order valence-electron chi connectivity index (χ3n) is 4.26. The Morgan fingerprint density at radius 3 is 2.33 bits per heavy atom. The topological polar surface area (TPSA) is 77.6 Å². The van der Waals surface area contributed by atoms with Gasteiger partial charge >= 0.3 is 0 Å². The van der Waals surface area contributed by atoms with Crippen LogP contribution in [0.2, 0.25) is 0 Å². The van der Waals surface area contributed by atoms with E-state index in [0.717, 1.165) is 33.6 Å². The molecule has 0 N–H and O–H groups in total. The molecule has 27 heavy (non-hydrogen) atoms. The molecule has 0 saturated heterocycles. The summed E-state index contributed by atoms with van der Waals surface area (Å²) >= 11 is 0. The lowest BCUT2D eigenvalue weighted by molar-refractivity contribution is 0.590. The minimum atomic E-state index is 0.478. The number of hydrogen-bond donors (Lipinski definition) is 0. The maximum atomic E-state index is 5.36. The Bertz CT molecular complexity index is 1220. The molecule has 127 valence electrons. The zero-order valence-electron chi connectivity index (χ0n) is 14.1. The van der Waals surface area contributed by atoms with Gasteiger partial charge < -0.3 is 4.42 Å². The molecule has 0 aliphatic rings.